The van der Waals surface area contributed by atoms with Gasteiger partial charge in [-0.2, -0.15) is 0 Å². The number of cyclic esters (lactones) is 1. The van der Waals surface area contributed by atoms with Crippen molar-refractivity contribution in [3.05, 3.63) is 12.2 Å². The number of esters is 1. The molecule has 0 spiro atoms. The molecule has 0 aromatic carbocycles. The third-order valence-corrected chi connectivity index (χ3v) is 5.09. The molecule has 2 aliphatic rings. The second-order valence-corrected chi connectivity index (χ2v) is 8.10. The standard InChI is InChI=1S/C20H32N2O5/c1-20(2)14-27-18(25)10-6-4-3-5-8-15(19(26)21-20)12-17(24)22-11-7-9-16(22)13-23/h3,5,15-16,23H,4,6-14H2,1-2H3,(H,21,26)/t15-,16+/m1/s1. The first-order valence-electron chi connectivity index (χ1n) is 9.85. The molecule has 0 radical (unpaired) electrons. The summed E-state index contributed by atoms with van der Waals surface area (Å²) in [5.41, 5.74) is -0.701. The summed E-state index contributed by atoms with van der Waals surface area (Å²) >= 11 is 0. The SMILES string of the molecule is CC1(C)COC(=O)CCCC=CC[C@H](CC(=O)N2CCC[C@H]2CO)C(=O)N1. The number of likely N-dealkylation sites (tertiary alicyclic amines) is 1. The third-order valence-electron chi connectivity index (χ3n) is 5.09. The Morgan fingerprint density at radius 2 is 2.11 bits per heavy atom. The van der Waals surface area contributed by atoms with Gasteiger partial charge in [0.25, 0.3) is 0 Å². The molecule has 1 fully saturated rings. The highest BCUT2D eigenvalue weighted by Crippen LogP contribution is 2.22. The van der Waals surface area contributed by atoms with Gasteiger partial charge in [0.1, 0.15) is 6.61 Å². The maximum Gasteiger partial charge on any atom is 0.305 e. The maximum atomic E-state index is 12.8. The molecule has 2 rings (SSSR count). The highest BCUT2D eigenvalue weighted by atomic mass is 16.5. The van der Waals surface area contributed by atoms with Crippen LogP contribution in [0.5, 0.6) is 0 Å². The predicted octanol–water partition coefficient (Wildman–Crippen LogP) is 1.54. The van der Waals surface area contributed by atoms with Crippen molar-refractivity contribution in [2.45, 2.75) is 70.4 Å². The lowest BCUT2D eigenvalue weighted by Gasteiger charge is -2.29. The van der Waals surface area contributed by atoms with Crippen LogP contribution in [0.25, 0.3) is 0 Å². The van der Waals surface area contributed by atoms with E-state index in [1.165, 1.54) is 0 Å². The quantitative estimate of drug-likeness (QED) is 0.572. The van der Waals surface area contributed by atoms with E-state index >= 15 is 0 Å². The van der Waals surface area contributed by atoms with E-state index in [0.29, 0.717) is 25.8 Å². The molecule has 0 aromatic rings. The number of rotatable bonds is 3. The number of ether oxygens (including phenoxy) is 1. The van der Waals surface area contributed by atoms with E-state index < -0.39 is 11.5 Å². The first-order valence-corrected chi connectivity index (χ1v) is 9.85. The van der Waals surface area contributed by atoms with Gasteiger partial charge in [-0.05, 0) is 46.0 Å². The Morgan fingerprint density at radius 1 is 1.33 bits per heavy atom. The summed E-state index contributed by atoms with van der Waals surface area (Å²) in [4.78, 5) is 39.0. The van der Waals surface area contributed by atoms with Gasteiger partial charge in [-0.25, -0.2) is 0 Å². The summed E-state index contributed by atoms with van der Waals surface area (Å²) in [6.07, 6.45) is 7.93. The molecule has 0 aliphatic carbocycles. The highest BCUT2D eigenvalue weighted by Gasteiger charge is 2.33. The van der Waals surface area contributed by atoms with E-state index in [4.69, 9.17) is 4.74 Å². The van der Waals surface area contributed by atoms with Crippen LogP contribution >= 0.6 is 0 Å². The van der Waals surface area contributed by atoms with Crippen molar-refractivity contribution in [3.8, 4) is 0 Å². The Hall–Kier alpha value is -1.89. The van der Waals surface area contributed by atoms with Gasteiger partial charge in [0, 0.05) is 19.4 Å². The first-order chi connectivity index (χ1) is 12.8. The van der Waals surface area contributed by atoms with Gasteiger partial charge in [0.05, 0.1) is 24.1 Å². The Balaban J connectivity index is 2.07. The first kappa shape index (κ1) is 21.4. The van der Waals surface area contributed by atoms with Gasteiger partial charge in [-0.1, -0.05) is 12.2 Å². The van der Waals surface area contributed by atoms with Gasteiger partial charge in [0.15, 0.2) is 0 Å². The second-order valence-electron chi connectivity index (χ2n) is 8.10. The smallest absolute Gasteiger partial charge is 0.305 e. The summed E-state index contributed by atoms with van der Waals surface area (Å²) in [7, 11) is 0. The highest BCUT2D eigenvalue weighted by molar-refractivity contribution is 5.86. The number of carbonyl (C=O) groups is 3. The molecule has 152 valence electrons. The molecule has 2 atom stereocenters. The molecule has 1 saturated heterocycles. The van der Waals surface area contributed by atoms with Crippen LogP contribution in [-0.4, -0.2) is 59.1 Å². The van der Waals surface area contributed by atoms with Crippen molar-refractivity contribution in [1.82, 2.24) is 10.2 Å². The second kappa shape index (κ2) is 9.88. The molecule has 7 nitrogen and oxygen atoms in total. The fraction of sp³-hybridized carbons (Fsp3) is 0.750. The predicted molar refractivity (Wildman–Crippen MR) is 101 cm³/mol. The molecule has 0 unspecified atom stereocenters. The fourth-order valence-corrected chi connectivity index (χ4v) is 3.51. The van der Waals surface area contributed by atoms with E-state index in [1.54, 1.807) is 18.7 Å². The number of amides is 2. The summed E-state index contributed by atoms with van der Waals surface area (Å²) in [6, 6.07) is -0.137. The van der Waals surface area contributed by atoms with Crippen molar-refractivity contribution in [2.24, 2.45) is 5.92 Å². The number of hydrogen-bond donors (Lipinski definition) is 2. The van der Waals surface area contributed by atoms with Crippen molar-refractivity contribution >= 4 is 17.8 Å². The zero-order valence-corrected chi connectivity index (χ0v) is 16.4. The van der Waals surface area contributed by atoms with Crippen LogP contribution in [0.4, 0.5) is 0 Å². The van der Waals surface area contributed by atoms with Crippen LogP contribution in [0.1, 0.15) is 58.8 Å². The van der Waals surface area contributed by atoms with Crippen LogP contribution in [0.3, 0.4) is 0 Å². The van der Waals surface area contributed by atoms with Gasteiger partial charge in [0.2, 0.25) is 11.8 Å². The molecule has 27 heavy (non-hydrogen) atoms. The van der Waals surface area contributed by atoms with Crippen LogP contribution in [0.15, 0.2) is 12.2 Å². The minimum absolute atomic E-state index is 0.0408. The van der Waals surface area contributed by atoms with Gasteiger partial charge in [-0.15, -0.1) is 0 Å². The molecule has 2 heterocycles. The Bertz CT molecular complexity index is 573. The lowest BCUT2D eigenvalue weighted by Crippen LogP contribution is -2.50. The van der Waals surface area contributed by atoms with E-state index in [1.807, 2.05) is 12.2 Å². The Morgan fingerprint density at radius 3 is 2.85 bits per heavy atom. The number of hydrogen-bond acceptors (Lipinski definition) is 5. The summed E-state index contributed by atoms with van der Waals surface area (Å²) in [6.45, 7) is 4.30. The molecule has 0 saturated carbocycles. The largest absolute Gasteiger partial charge is 0.463 e. The van der Waals surface area contributed by atoms with Crippen LogP contribution in [-0.2, 0) is 19.1 Å². The minimum atomic E-state index is -0.701. The lowest BCUT2D eigenvalue weighted by atomic mass is 9.96. The lowest BCUT2D eigenvalue weighted by molar-refractivity contribution is -0.147. The van der Waals surface area contributed by atoms with Crippen molar-refractivity contribution in [1.29, 1.82) is 0 Å². The average Bonchev–Trinajstić information content (AvgIpc) is 3.09. The van der Waals surface area contributed by atoms with E-state index in [0.717, 1.165) is 19.3 Å². The molecule has 2 aliphatic heterocycles. The summed E-state index contributed by atoms with van der Waals surface area (Å²) in [5, 5.41) is 12.4. The average molecular weight is 380 g/mol. The number of nitrogens with one attached hydrogen (secondary N) is 1. The van der Waals surface area contributed by atoms with E-state index in [9.17, 15) is 19.5 Å². The van der Waals surface area contributed by atoms with Crippen molar-refractivity contribution < 1.29 is 24.2 Å². The van der Waals surface area contributed by atoms with Crippen LogP contribution in [0.2, 0.25) is 0 Å². The number of aliphatic hydroxyl groups is 1. The molecular formula is C20H32N2O5. The van der Waals surface area contributed by atoms with Crippen molar-refractivity contribution in [3.63, 3.8) is 0 Å². The molecule has 0 bridgehead atoms. The van der Waals surface area contributed by atoms with Crippen LogP contribution in [0, 0.1) is 5.92 Å². The fourth-order valence-electron chi connectivity index (χ4n) is 3.51. The van der Waals surface area contributed by atoms with E-state index in [2.05, 4.69) is 5.32 Å². The molecule has 2 amide bonds. The summed E-state index contributed by atoms with van der Waals surface area (Å²) in [5.74, 6) is -1.05. The maximum absolute atomic E-state index is 12.8. The zero-order valence-electron chi connectivity index (χ0n) is 16.4. The number of aliphatic hydroxyl groups excluding tert-OH is 1. The van der Waals surface area contributed by atoms with Gasteiger partial charge >= 0.3 is 5.97 Å². The van der Waals surface area contributed by atoms with Crippen molar-refractivity contribution in [2.75, 3.05) is 19.8 Å². The third kappa shape index (κ3) is 6.65. The molecule has 7 heteroatoms. The number of allylic oxidation sites excluding steroid dienone is 2. The van der Waals surface area contributed by atoms with Crippen LogP contribution < -0.4 is 5.32 Å². The Kier molecular flexibility index (Phi) is 7.83. The normalized spacial score (nSPS) is 27.1. The van der Waals surface area contributed by atoms with Gasteiger partial charge in [-0.3, -0.25) is 14.4 Å². The topological polar surface area (TPSA) is 95.9 Å². The zero-order chi connectivity index (χ0) is 19.9. The van der Waals surface area contributed by atoms with E-state index in [-0.39, 0.29) is 43.5 Å². The summed E-state index contributed by atoms with van der Waals surface area (Å²) < 4.78 is 5.26. The molecule has 0 aromatic heterocycles. The number of nitrogens with zero attached hydrogens (tertiary/aromatic N) is 1. The Labute approximate surface area is 161 Å². The monoisotopic (exact) mass is 380 g/mol. The molecule has 2 N–H and O–H groups in total. The number of carbonyl (C=O) groups excluding carboxylic acids is 3. The van der Waals surface area contributed by atoms with Gasteiger partial charge < -0.3 is 20.1 Å². The molecular weight excluding hydrogens is 348 g/mol. The minimum Gasteiger partial charge on any atom is -0.463 e.